The quantitative estimate of drug-likeness (QED) is 0.640. The van der Waals surface area contributed by atoms with Crippen LogP contribution in [0.5, 0.6) is 0 Å². The number of aliphatic hydroxyl groups is 1. The van der Waals surface area contributed by atoms with Gasteiger partial charge in [0.1, 0.15) is 0 Å². The van der Waals surface area contributed by atoms with Gasteiger partial charge in [-0.25, -0.2) is 0 Å². The van der Waals surface area contributed by atoms with E-state index in [-0.39, 0.29) is 11.5 Å². The summed E-state index contributed by atoms with van der Waals surface area (Å²) in [5, 5.41) is 9.63. The summed E-state index contributed by atoms with van der Waals surface area (Å²) in [6.45, 7) is 9.73. The summed E-state index contributed by atoms with van der Waals surface area (Å²) in [7, 11) is 0. The Morgan fingerprint density at radius 2 is 2.00 bits per heavy atom. The molecular formula is C11H20O. The molecule has 0 fully saturated rings. The van der Waals surface area contributed by atoms with Gasteiger partial charge in [0.05, 0.1) is 6.10 Å². The van der Waals surface area contributed by atoms with Crippen LogP contribution >= 0.6 is 0 Å². The van der Waals surface area contributed by atoms with E-state index in [1.807, 2.05) is 12.2 Å². The van der Waals surface area contributed by atoms with Crippen LogP contribution in [0, 0.1) is 5.41 Å². The SMILES string of the molecule is C=C/C=C/CCC(O)C(C)(C)C. The summed E-state index contributed by atoms with van der Waals surface area (Å²) in [6, 6.07) is 0. The lowest BCUT2D eigenvalue weighted by atomic mass is 9.86. The van der Waals surface area contributed by atoms with Crippen LogP contribution in [-0.4, -0.2) is 11.2 Å². The first-order valence-electron chi connectivity index (χ1n) is 4.44. The Bertz CT molecular complexity index is 151. The van der Waals surface area contributed by atoms with Crippen molar-refractivity contribution >= 4 is 0 Å². The first-order valence-corrected chi connectivity index (χ1v) is 4.44. The molecule has 1 nitrogen and oxygen atoms in total. The summed E-state index contributed by atoms with van der Waals surface area (Å²) >= 11 is 0. The van der Waals surface area contributed by atoms with Gasteiger partial charge in [-0.05, 0) is 18.3 Å². The highest BCUT2D eigenvalue weighted by atomic mass is 16.3. The molecule has 0 rings (SSSR count). The molecule has 0 spiro atoms. The van der Waals surface area contributed by atoms with E-state index in [4.69, 9.17) is 0 Å². The Balaban J connectivity index is 3.64. The number of hydrogen-bond donors (Lipinski definition) is 1. The average molecular weight is 168 g/mol. The third-order valence-corrected chi connectivity index (χ3v) is 1.88. The van der Waals surface area contributed by atoms with Crippen LogP contribution < -0.4 is 0 Å². The largest absolute Gasteiger partial charge is 0.393 e. The highest BCUT2D eigenvalue weighted by Crippen LogP contribution is 2.22. The van der Waals surface area contributed by atoms with Crippen molar-refractivity contribution in [3.05, 3.63) is 24.8 Å². The molecule has 70 valence electrons. The Morgan fingerprint density at radius 3 is 2.42 bits per heavy atom. The molecule has 0 heterocycles. The molecular weight excluding hydrogens is 148 g/mol. The zero-order valence-corrected chi connectivity index (χ0v) is 8.38. The summed E-state index contributed by atoms with van der Waals surface area (Å²) in [5.74, 6) is 0. The molecule has 12 heavy (non-hydrogen) atoms. The summed E-state index contributed by atoms with van der Waals surface area (Å²) in [5.41, 5.74) is 0.00200. The maximum absolute atomic E-state index is 9.63. The smallest absolute Gasteiger partial charge is 0.0591 e. The molecule has 0 amide bonds. The van der Waals surface area contributed by atoms with E-state index in [2.05, 4.69) is 27.4 Å². The fourth-order valence-corrected chi connectivity index (χ4v) is 0.880. The van der Waals surface area contributed by atoms with Gasteiger partial charge in [-0.2, -0.15) is 0 Å². The van der Waals surface area contributed by atoms with Crippen molar-refractivity contribution in [1.29, 1.82) is 0 Å². The molecule has 0 saturated carbocycles. The molecule has 0 aromatic carbocycles. The average Bonchev–Trinajstić information content (AvgIpc) is 1.96. The zero-order valence-electron chi connectivity index (χ0n) is 8.38. The van der Waals surface area contributed by atoms with Gasteiger partial charge in [0.15, 0.2) is 0 Å². The molecule has 1 heteroatoms. The molecule has 0 aliphatic rings. The lowest BCUT2D eigenvalue weighted by molar-refractivity contribution is 0.0566. The lowest BCUT2D eigenvalue weighted by Crippen LogP contribution is -2.25. The minimum atomic E-state index is -0.216. The Labute approximate surface area is 75.8 Å². The van der Waals surface area contributed by atoms with Crippen LogP contribution in [-0.2, 0) is 0 Å². The van der Waals surface area contributed by atoms with Crippen LogP contribution in [0.25, 0.3) is 0 Å². The van der Waals surface area contributed by atoms with Crippen molar-refractivity contribution in [2.45, 2.75) is 39.7 Å². The predicted molar refractivity (Wildman–Crippen MR) is 54.0 cm³/mol. The van der Waals surface area contributed by atoms with E-state index in [9.17, 15) is 5.11 Å². The minimum Gasteiger partial charge on any atom is -0.393 e. The maximum atomic E-state index is 9.63. The van der Waals surface area contributed by atoms with Gasteiger partial charge >= 0.3 is 0 Å². The van der Waals surface area contributed by atoms with Crippen LogP contribution in [0.3, 0.4) is 0 Å². The van der Waals surface area contributed by atoms with Gasteiger partial charge in [-0.1, -0.05) is 45.6 Å². The Morgan fingerprint density at radius 1 is 1.42 bits per heavy atom. The van der Waals surface area contributed by atoms with E-state index in [1.54, 1.807) is 6.08 Å². The molecule has 0 aromatic heterocycles. The second kappa shape index (κ2) is 5.15. The minimum absolute atomic E-state index is 0.00200. The number of rotatable bonds is 4. The highest BCUT2D eigenvalue weighted by molar-refractivity contribution is 4.97. The molecule has 0 saturated heterocycles. The molecule has 1 unspecified atom stereocenters. The Hall–Kier alpha value is -0.560. The number of allylic oxidation sites excluding steroid dienone is 3. The fourth-order valence-electron chi connectivity index (χ4n) is 0.880. The molecule has 0 aliphatic carbocycles. The lowest BCUT2D eigenvalue weighted by Gasteiger charge is -2.25. The van der Waals surface area contributed by atoms with Crippen LogP contribution in [0.15, 0.2) is 24.8 Å². The molecule has 0 aliphatic heterocycles. The topological polar surface area (TPSA) is 20.2 Å². The second-order valence-electron chi connectivity index (χ2n) is 4.12. The van der Waals surface area contributed by atoms with Gasteiger partial charge in [-0.3, -0.25) is 0 Å². The first-order chi connectivity index (χ1) is 5.48. The third kappa shape index (κ3) is 5.14. The molecule has 0 radical (unpaired) electrons. The van der Waals surface area contributed by atoms with E-state index in [0.29, 0.717) is 0 Å². The van der Waals surface area contributed by atoms with Crippen molar-refractivity contribution in [2.24, 2.45) is 5.41 Å². The monoisotopic (exact) mass is 168 g/mol. The summed E-state index contributed by atoms with van der Waals surface area (Å²) < 4.78 is 0. The predicted octanol–water partition coefficient (Wildman–Crippen LogP) is 2.92. The summed E-state index contributed by atoms with van der Waals surface area (Å²) in [4.78, 5) is 0. The maximum Gasteiger partial charge on any atom is 0.0591 e. The van der Waals surface area contributed by atoms with Gasteiger partial charge in [-0.15, -0.1) is 0 Å². The zero-order chi connectivity index (χ0) is 9.61. The molecule has 0 bridgehead atoms. The fraction of sp³-hybridized carbons (Fsp3) is 0.636. The number of aliphatic hydroxyl groups excluding tert-OH is 1. The normalized spacial score (nSPS) is 15.0. The van der Waals surface area contributed by atoms with Crippen molar-refractivity contribution < 1.29 is 5.11 Å². The van der Waals surface area contributed by atoms with Crippen molar-refractivity contribution in [3.8, 4) is 0 Å². The molecule has 1 atom stereocenters. The second-order valence-corrected chi connectivity index (χ2v) is 4.12. The van der Waals surface area contributed by atoms with Gasteiger partial charge in [0.2, 0.25) is 0 Å². The Kier molecular flexibility index (Phi) is 4.91. The third-order valence-electron chi connectivity index (χ3n) is 1.88. The van der Waals surface area contributed by atoms with Crippen LogP contribution in [0.1, 0.15) is 33.6 Å². The molecule has 1 N–H and O–H groups in total. The summed E-state index contributed by atoms with van der Waals surface area (Å²) in [6.07, 6.45) is 7.23. The van der Waals surface area contributed by atoms with Gasteiger partial charge < -0.3 is 5.11 Å². The van der Waals surface area contributed by atoms with Crippen LogP contribution in [0.2, 0.25) is 0 Å². The van der Waals surface area contributed by atoms with Crippen molar-refractivity contribution in [1.82, 2.24) is 0 Å². The van der Waals surface area contributed by atoms with E-state index < -0.39 is 0 Å². The van der Waals surface area contributed by atoms with Gasteiger partial charge in [0, 0.05) is 0 Å². The van der Waals surface area contributed by atoms with Gasteiger partial charge in [0.25, 0.3) is 0 Å². The molecule has 0 aromatic rings. The van der Waals surface area contributed by atoms with Crippen molar-refractivity contribution in [2.75, 3.05) is 0 Å². The standard InChI is InChI=1S/C11H20O/c1-5-6-7-8-9-10(12)11(2,3)4/h5-7,10,12H,1,8-9H2,2-4H3/b7-6+. The number of hydrogen-bond acceptors (Lipinski definition) is 1. The van der Waals surface area contributed by atoms with E-state index in [0.717, 1.165) is 12.8 Å². The first kappa shape index (κ1) is 11.4. The van der Waals surface area contributed by atoms with E-state index >= 15 is 0 Å². The highest BCUT2D eigenvalue weighted by Gasteiger charge is 2.20. The van der Waals surface area contributed by atoms with Crippen LogP contribution in [0.4, 0.5) is 0 Å². The van der Waals surface area contributed by atoms with E-state index in [1.165, 1.54) is 0 Å². The van der Waals surface area contributed by atoms with Crippen molar-refractivity contribution in [3.63, 3.8) is 0 Å².